The molecule has 1 N–H and O–H groups in total. The standard InChI is InChI=1S/C25H21Cl2N3O3S/c1-33-21-12-2-16(3-13-21)15-29-22(14-23(31)28-19-8-4-17(26)5-9-19)24(32)30(25(29)34)20-10-6-18(27)7-11-20/h2-13,22H,14-15H2,1H3,(H,28,31). The van der Waals surface area contributed by atoms with Crippen molar-refractivity contribution < 1.29 is 14.3 Å². The molecule has 1 heterocycles. The number of carbonyl (C=O) groups is 2. The summed E-state index contributed by atoms with van der Waals surface area (Å²) < 4.78 is 5.23. The van der Waals surface area contributed by atoms with Crippen LogP contribution in [0.15, 0.2) is 72.8 Å². The van der Waals surface area contributed by atoms with Crippen molar-refractivity contribution in [2.45, 2.75) is 19.0 Å². The van der Waals surface area contributed by atoms with Crippen LogP contribution in [0.25, 0.3) is 0 Å². The molecule has 0 spiro atoms. The van der Waals surface area contributed by atoms with Crippen molar-refractivity contribution in [3.8, 4) is 5.75 Å². The van der Waals surface area contributed by atoms with E-state index >= 15 is 0 Å². The zero-order chi connectivity index (χ0) is 24.2. The Labute approximate surface area is 213 Å². The molecule has 6 nitrogen and oxygen atoms in total. The van der Waals surface area contributed by atoms with E-state index in [1.54, 1.807) is 60.5 Å². The number of benzene rings is 3. The van der Waals surface area contributed by atoms with E-state index in [2.05, 4.69) is 5.32 Å². The number of amides is 2. The number of anilines is 2. The molecule has 34 heavy (non-hydrogen) atoms. The summed E-state index contributed by atoms with van der Waals surface area (Å²) in [6, 6.07) is 20.4. The highest BCUT2D eigenvalue weighted by atomic mass is 35.5. The van der Waals surface area contributed by atoms with Crippen LogP contribution in [0, 0.1) is 0 Å². The number of thiocarbonyl (C=S) groups is 1. The summed E-state index contributed by atoms with van der Waals surface area (Å²) in [6.07, 6.45) is -0.0676. The van der Waals surface area contributed by atoms with E-state index in [1.807, 2.05) is 24.3 Å². The fourth-order valence-corrected chi connectivity index (χ4v) is 4.33. The smallest absolute Gasteiger partial charge is 0.256 e. The fourth-order valence-electron chi connectivity index (χ4n) is 3.69. The molecule has 0 saturated carbocycles. The Balaban J connectivity index is 1.59. The number of nitrogens with zero attached hydrogens (tertiary/aromatic N) is 2. The van der Waals surface area contributed by atoms with E-state index in [-0.39, 0.29) is 18.2 Å². The molecule has 0 radical (unpaired) electrons. The summed E-state index contributed by atoms with van der Waals surface area (Å²) in [7, 11) is 1.60. The van der Waals surface area contributed by atoms with Gasteiger partial charge in [0, 0.05) is 22.3 Å². The zero-order valence-electron chi connectivity index (χ0n) is 18.2. The van der Waals surface area contributed by atoms with Gasteiger partial charge < -0.3 is 15.0 Å². The lowest BCUT2D eigenvalue weighted by molar-refractivity contribution is -0.124. The van der Waals surface area contributed by atoms with E-state index in [4.69, 9.17) is 40.2 Å². The number of hydrogen-bond donors (Lipinski definition) is 1. The van der Waals surface area contributed by atoms with Gasteiger partial charge in [-0.3, -0.25) is 14.5 Å². The number of hydrogen-bond acceptors (Lipinski definition) is 4. The van der Waals surface area contributed by atoms with E-state index < -0.39 is 6.04 Å². The molecule has 1 saturated heterocycles. The second-order valence-electron chi connectivity index (χ2n) is 7.68. The topological polar surface area (TPSA) is 61.9 Å². The van der Waals surface area contributed by atoms with Crippen molar-refractivity contribution in [1.29, 1.82) is 0 Å². The number of nitrogens with one attached hydrogen (secondary N) is 1. The molecule has 0 aliphatic carbocycles. The molecule has 3 aromatic rings. The van der Waals surface area contributed by atoms with Gasteiger partial charge in [-0.15, -0.1) is 0 Å². The summed E-state index contributed by atoms with van der Waals surface area (Å²) in [6.45, 7) is 0.359. The molecule has 9 heteroatoms. The van der Waals surface area contributed by atoms with Crippen molar-refractivity contribution in [3.63, 3.8) is 0 Å². The van der Waals surface area contributed by atoms with Gasteiger partial charge in [0.1, 0.15) is 11.8 Å². The monoisotopic (exact) mass is 513 g/mol. The van der Waals surface area contributed by atoms with Crippen molar-refractivity contribution in [3.05, 3.63) is 88.4 Å². The Morgan fingerprint density at radius 1 is 0.971 bits per heavy atom. The lowest BCUT2D eigenvalue weighted by Gasteiger charge is -2.24. The average molecular weight is 514 g/mol. The zero-order valence-corrected chi connectivity index (χ0v) is 20.5. The van der Waals surface area contributed by atoms with Crippen LogP contribution in [-0.4, -0.2) is 35.0 Å². The second kappa shape index (κ2) is 10.4. The third-order valence-electron chi connectivity index (χ3n) is 5.42. The molecule has 1 fully saturated rings. The van der Waals surface area contributed by atoms with Gasteiger partial charge in [-0.2, -0.15) is 0 Å². The van der Waals surface area contributed by atoms with E-state index in [1.165, 1.54) is 4.90 Å². The highest BCUT2D eigenvalue weighted by Crippen LogP contribution is 2.30. The van der Waals surface area contributed by atoms with Gasteiger partial charge in [0.25, 0.3) is 5.91 Å². The van der Waals surface area contributed by atoms with Crippen LogP contribution >= 0.6 is 35.4 Å². The Morgan fingerprint density at radius 2 is 1.56 bits per heavy atom. The Morgan fingerprint density at radius 3 is 2.15 bits per heavy atom. The largest absolute Gasteiger partial charge is 0.497 e. The second-order valence-corrected chi connectivity index (χ2v) is 8.92. The third-order valence-corrected chi connectivity index (χ3v) is 6.34. The molecule has 1 unspecified atom stereocenters. The lowest BCUT2D eigenvalue weighted by Crippen LogP contribution is -2.37. The molecule has 0 aromatic heterocycles. The normalized spacial score (nSPS) is 15.6. The predicted octanol–water partition coefficient (Wildman–Crippen LogP) is 5.53. The van der Waals surface area contributed by atoms with E-state index in [0.717, 1.165) is 11.3 Å². The molecule has 2 amide bonds. The maximum absolute atomic E-state index is 13.5. The highest BCUT2D eigenvalue weighted by Gasteiger charge is 2.44. The van der Waals surface area contributed by atoms with E-state index in [0.29, 0.717) is 33.1 Å². The number of carbonyl (C=O) groups excluding carboxylic acids is 2. The first-order valence-corrected chi connectivity index (χ1v) is 11.6. The summed E-state index contributed by atoms with van der Waals surface area (Å²) in [5.41, 5.74) is 2.12. The van der Waals surface area contributed by atoms with Gasteiger partial charge in [-0.05, 0) is 78.4 Å². The van der Waals surface area contributed by atoms with Crippen LogP contribution in [0.3, 0.4) is 0 Å². The number of halogens is 2. The summed E-state index contributed by atoms with van der Waals surface area (Å²) in [5, 5.41) is 4.27. The highest BCUT2D eigenvalue weighted by molar-refractivity contribution is 7.80. The first kappa shape index (κ1) is 24.0. The maximum atomic E-state index is 13.5. The van der Waals surface area contributed by atoms with E-state index in [9.17, 15) is 9.59 Å². The molecule has 0 bridgehead atoms. The number of methoxy groups -OCH3 is 1. The van der Waals surface area contributed by atoms with Gasteiger partial charge in [-0.25, -0.2) is 0 Å². The number of rotatable bonds is 7. The van der Waals surface area contributed by atoms with Crippen molar-refractivity contribution >= 4 is 63.7 Å². The van der Waals surface area contributed by atoms with Crippen molar-refractivity contribution in [2.75, 3.05) is 17.3 Å². The maximum Gasteiger partial charge on any atom is 0.256 e. The minimum atomic E-state index is -0.766. The van der Waals surface area contributed by atoms with Gasteiger partial charge >= 0.3 is 0 Å². The molecular formula is C25H21Cl2N3O3S. The molecule has 174 valence electrons. The molecule has 4 rings (SSSR count). The summed E-state index contributed by atoms with van der Waals surface area (Å²) >= 11 is 17.6. The van der Waals surface area contributed by atoms with Crippen LogP contribution in [0.5, 0.6) is 5.75 Å². The van der Waals surface area contributed by atoms with Crippen LogP contribution in [-0.2, 0) is 16.1 Å². The minimum absolute atomic E-state index is 0.0676. The molecular weight excluding hydrogens is 493 g/mol. The van der Waals surface area contributed by atoms with Crippen LogP contribution in [0.1, 0.15) is 12.0 Å². The lowest BCUT2D eigenvalue weighted by atomic mass is 10.1. The molecule has 1 aliphatic heterocycles. The molecule has 1 atom stereocenters. The van der Waals surface area contributed by atoms with Crippen molar-refractivity contribution in [2.24, 2.45) is 0 Å². The van der Waals surface area contributed by atoms with Gasteiger partial charge in [0.15, 0.2) is 5.11 Å². The van der Waals surface area contributed by atoms with Crippen LogP contribution < -0.4 is 15.0 Å². The van der Waals surface area contributed by atoms with Gasteiger partial charge in [0.2, 0.25) is 5.91 Å². The predicted molar refractivity (Wildman–Crippen MR) is 139 cm³/mol. The minimum Gasteiger partial charge on any atom is -0.497 e. The summed E-state index contributed by atoms with van der Waals surface area (Å²) in [4.78, 5) is 29.6. The van der Waals surface area contributed by atoms with Gasteiger partial charge in [0.05, 0.1) is 19.2 Å². The Hall–Kier alpha value is -3.13. The first-order chi connectivity index (χ1) is 16.4. The van der Waals surface area contributed by atoms with Crippen LogP contribution in [0.2, 0.25) is 10.0 Å². The molecule has 3 aromatic carbocycles. The average Bonchev–Trinajstić information content (AvgIpc) is 3.05. The third kappa shape index (κ3) is 5.33. The first-order valence-electron chi connectivity index (χ1n) is 10.4. The van der Waals surface area contributed by atoms with Gasteiger partial charge in [-0.1, -0.05) is 35.3 Å². The SMILES string of the molecule is COc1ccc(CN2C(=S)N(c3ccc(Cl)cc3)C(=O)C2CC(=O)Nc2ccc(Cl)cc2)cc1. The molecule has 1 aliphatic rings. The Bertz CT molecular complexity index is 1200. The quantitative estimate of drug-likeness (QED) is 0.420. The summed E-state index contributed by atoms with van der Waals surface area (Å²) in [5.74, 6) is 0.152. The van der Waals surface area contributed by atoms with Crippen molar-refractivity contribution in [1.82, 2.24) is 4.90 Å². The fraction of sp³-hybridized carbons (Fsp3) is 0.160. The van der Waals surface area contributed by atoms with Crippen LogP contribution in [0.4, 0.5) is 11.4 Å². The Kier molecular flexibility index (Phi) is 7.36. The number of ether oxygens (including phenoxy) is 1.